The van der Waals surface area contributed by atoms with Gasteiger partial charge in [-0.15, -0.1) is 5.10 Å². The summed E-state index contributed by atoms with van der Waals surface area (Å²) in [5, 5.41) is 7.93. The molecule has 1 N–H and O–H groups in total. The van der Waals surface area contributed by atoms with Crippen LogP contribution in [0.2, 0.25) is 0 Å². The lowest BCUT2D eigenvalue weighted by atomic mass is 10.1. The van der Waals surface area contributed by atoms with Crippen LogP contribution < -0.4 is 5.32 Å². The van der Waals surface area contributed by atoms with Crippen LogP contribution >= 0.6 is 0 Å². The Morgan fingerprint density at radius 2 is 1.94 bits per heavy atom. The van der Waals surface area contributed by atoms with Crippen LogP contribution in [0.4, 0.5) is 5.82 Å². The van der Waals surface area contributed by atoms with Gasteiger partial charge < -0.3 is 9.73 Å². The Kier molecular flexibility index (Phi) is 4.91. The van der Waals surface area contributed by atoms with Crippen LogP contribution in [0.1, 0.15) is 5.69 Å². The third kappa shape index (κ3) is 3.83. The summed E-state index contributed by atoms with van der Waals surface area (Å²) in [6.45, 7) is 0.393. The highest BCUT2D eigenvalue weighted by Gasteiger charge is 2.17. The highest BCUT2D eigenvalue weighted by molar-refractivity contribution is 7.90. The van der Waals surface area contributed by atoms with Gasteiger partial charge in [-0.25, -0.2) is 22.9 Å². The van der Waals surface area contributed by atoms with Gasteiger partial charge in [-0.3, -0.25) is 4.98 Å². The van der Waals surface area contributed by atoms with E-state index in [4.69, 9.17) is 9.40 Å². The average Bonchev–Trinajstić information content (AvgIpc) is 3.47. The van der Waals surface area contributed by atoms with E-state index < -0.39 is 9.84 Å². The number of sulfone groups is 1. The molecule has 0 aliphatic rings. The van der Waals surface area contributed by atoms with E-state index in [0.29, 0.717) is 23.8 Å². The summed E-state index contributed by atoms with van der Waals surface area (Å²) in [6.07, 6.45) is 8.76. The van der Waals surface area contributed by atoms with Gasteiger partial charge >= 0.3 is 0 Å². The lowest BCUT2D eigenvalue weighted by molar-refractivity contribution is 0.556. The molecule has 1 aromatic carbocycles. The molecule has 0 fully saturated rings. The predicted molar refractivity (Wildman–Crippen MR) is 119 cm³/mol. The summed E-state index contributed by atoms with van der Waals surface area (Å²) in [5.41, 5.74) is 3.99. The van der Waals surface area contributed by atoms with Gasteiger partial charge in [0.25, 0.3) is 0 Å². The topological polar surface area (TPSA) is 115 Å². The molecular formula is C22H18N6O3S. The second kappa shape index (κ2) is 7.89. The maximum Gasteiger partial charge on any atom is 0.183 e. The Hall–Kier alpha value is -4.05. The van der Waals surface area contributed by atoms with Crippen molar-refractivity contribution >= 4 is 21.2 Å². The number of hydrogen-bond donors (Lipinski definition) is 1. The van der Waals surface area contributed by atoms with E-state index >= 15 is 0 Å². The highest BCUT2D eigenvalue weighted by Crippen LogP contribution is 2.31. The molecule has 4 aromatic heterocycles. The van der Waals surface area contributed by atoms with Crippen molar-refractivity contribution in [3.63, 3.8) is 0 Å². The number of aromatic nitrogens is 5. The number of nitrogens with one attached hydrogen (secondary N) is 1. The number of oxazole rings is 1. The van der Waals surface area contributed by atoms with Crippen LogP contribution in [0.25, 0.3) is 28.0 Å². The average molecular weight is 446 g/mol. The third-order valence-corrected chi connectivity index (χ3v) is 6.00. The van der Waals surface area contributed by atoms with Crippen LogP contribution in [0.5, 0.6) is 0 Å². The summed E-state index contributed by atoms with van der Waals surface area (Å²) in [5.74, 6) is 0.917. The monoisotopic (exact) mass is 446 g/mol. The quantitative estimate of drug-likeness (QED) is 0.422. The number of nitrogens with zero attached hydrogens (tertiary/aromatic N) is 5. The van der Waals surface area contributed by atoms with Crippen LogP contribution in [0.3, 0.4) is 0 Å². The first kappa shape index (κ1) is 19.9. The lowest BCUT2D eigenvalue weighted by Crippen LogP contribution is -2.08. The summed E-state index contributed by atoms with van der Waals surface area (Å²) >= 11 is 0. The molecule has 0 radical (unpaired) electrons. The van der Waals surface area contributed by atoms with E-state index in [-0.39, 0.29) is 4.90 Å². The van der Waals surface area contributed by atoms with Gasteiger partial charge in [0.1, 0.15) is 11.8 Å². The van der Waals surface area contributed by atoms with Crippen LogP contribution in [0, 0.1) is 0 Å². The summed E-state index contributed by atoms with van der Waals surface area (Å²) in [6, 6.07) is 13.4. The molecule has 5 aromatic rings. The predicted octanol–water partition coefficient (Wildman–Crippen LogP) is 3.46. The van der Waals surface area contributed by atoms with Crippen molar-refractivity contribution in [1.29, 1.82) is 0 Å². The maximum absolute atomic E-state index is 12.0. The molecule has 32 heavy (non-hydrogen) atoms. The van der Waals surface area contributed by atoms with Crippen molar-refractivity contribution < 1.29 is 12.8 Å². The van der Waals surface area contributed by atoms with E-state index in [9.17, 15) is 8.42 Å². The molecule has 160 valence electrons. The van der Waals surface area contributed by atoms with E-state index in [0.717, 1.165) is 28.6 Å². The fourth-order valence-electron chi connectivity index (χ4n) is 3.36. The number of hydrogen-bond acceptors (Lipinski definition) is 8. The Labute approximate surface area is 183 Å². The Morgan fingerprint density at radius 3 is 2.69 bits per heavy atom. The Bertz CT molecular complexity index is 1500. The molecule has 0 unspecified atom stereocenters. The smallest absolute Gasteiger partial charge is 0.183 e. The zero-order chi connectivity index (χ0) is 22.1. The number of benzene rings is 1. The summed E-state index contributed by atoms with van der Waals surface area (Å²) in [7, 11) is -3.42. The van der Waals surface area contributed by atoms with Crippen LogP contribution in [-0.4, -0.2) is 39.2 Å². The largest absolute Gasteiger partial charge is 0.451 e. The number of fused-ring (bicyclic) bond motifs is 1. The molecule has 0 bridgehead atoms. The highest BCUT2D eigenvalue weighted by atomic mass is 32.2. The minimum absolute atomic E-state index is 0.105. The van der Waals surface area contributed by atoms with Crippen LogP contribution in [-0.2, 0) is 16.4 Å². The molecule has 0 spiro atoms. The number of rotatable bonds is 6. The van der Waals surface area contributed by atoms with Crippen molar-refractivity contribution in [3.8, 4) is 22.5 Å². The molecule has 0 amide bonds. The molecule has 9 nitrogen and oxygen atoms in total. The van der Waals surface area contributed by atoms with Crippen molar-refractivity contribution in [2.45, 2.75) is 11.4 Å². The Balaban J connectivity index is 1.66. The van der Waals surface area contributed by atoms with Crippen molar-refractivity contribution in [3.05, 3.63) is 79.4 Å². The molecule has 0 saturated heterocycles. The molecule has 0 aliphatic heterocycles. The van der Waals surface area contributed by atoms with Crippen molar-refractivity contribution in [1.82, 2.24) is 24.6 Å². The summed E-state index contributed by atoms with van der Waals surface area (Å²) in [4.78, 5) is 13.0. The molecule has 0 saturated carbocycles. The minimum Gasteiger partial charge on any atom is -0.451 e. The first-order chi connectivity index (χ1) is 15.5. The Morgan fingerprint density at radius 1 is 1.09 bits per heavy atom. The first-order valence-corrected chi connectivity index (χ1v) is 11.6. The zero-order valence-corrected chi connectivity index (χ0v) is 17.8. The van der Waals surface area contributed by atoms with E-state index in [1.54, 1.807) is 17.0 Å². The minimum atomic E-state index is -3.42. The van der Waals surface area contributed by atoms with Gasteiger partial charge in [0.15, 0.2) is 27.9 Å². The normalized spacial score (nSPS) is 11.7. The second-order valence-electron chi connectivity index (χ2n) is 7.19. The van der Waals surface area contributed by atoms with Crippen molar-refractivity contribution in [2.75, 3.05) is 11.6 Å². The maximum atomic E-state index is 12.0. The van der Waals surface area contributed by atoms with Crippen LogP contribution in [0.15, 0.2) is 83.0 Å². The first-order valence-electron chi connectivity index (χ1n) is 9.70. The fourth-order valence-corrected chi connectivity index (χ4v) is 3.96. The van der Waals surface area contributed by atoms with Gasteiger partial charge in [-0.2, -0.15) is 0 Å². The molecule has 10 heteroatoms. The van der Waals surface area contributed by atoms with Gasteiger partial charge in [0.2, 0.25) is 0 Å². The van der Waals surface area contributed by atoms with Gasteiger partial charge in [-0.05, 0) is 17.7 Å². The lowest BCUT2D eigenvalue weighted by Gasteiger charge is -2.11. The summed E-state index contributed by atoms with van der Waals surface area (Å²) < 4.78 is 30.7. The SMILES string of the molecule is CS(=O)(=O)c1cncc(-c2nc(NCc3cocn3)c3c(-c4ccccc4)ccn3n2)c1. The van der Waals surface area contributed by atoms with Crippen molar-refractivity contribution in [2.24, 2.45) is 0 Å². The van der Waals surface area contributed by atoms with Gasteiger partial charge in [0, 0.05) is 36.0 Å². The van der Waals surface area contributed by atoms with Gasteiger partial charge in [0.05, 0.1) is 17.1 Å². The fraction of sp³-hybridized carbons (Fsp3) is 0.0909. The van der Waals surface area contributed by atoms with Gasteiger partial charge in [-0.1, -0.05) is 30.3 Å². The molecular weight excluding hydrogens is 428 g/mol. The molecule has 0 atom stereocenters. The van der Waals surface area contributed by atoms with E-state index in [2.05, 4.69) is 20.4 Å². The molecule has 5 rings (SSSR count). The van der Waals surface area contributed by atoms with E-state index in [1.165, 1.54) is 18.7 Å². The molecule has 0 aliphatic carbocycles. The zero-order valence-electron chi connectivity index (χ0n) is 17.0. The molecule has 4 heterocycles. The number of anilines is 1. The van der Waals surface area contributed by atoms with E-state index in [1.807, 2.05) is 42.6 Å². The standard InChI is InChI=1S/C22H18N6O3S/c1-32(29,30)18-9-16(10-23-12-18)21-26-22(24-11-17-13-31-14-25-17)20-19(7-8-28(20)27-21)15-5-3-2-4-6-15/h2-10,12-14H,11H2,1H3,(H,24,26,27). The number of pyridine rings is 1. The third-order valence-electron chi connectivity index (χ3n) is 4.92. The second-order valence-corrected chi connectivity index (χ2v) is 9.20.